The zero-order chi connectivity index (χ0) is 17.0. The Kier molecular flexibility index (Phi) is 11.1. The number of aliphatic hydroxyl groups is 1. The molecule has 0 heterocycles. The minimum absolute atomic E-state index is 0. The van der Waals surface area contributed by atoms with E-state index in [9.17, 15) is 19.5 Å². The van der Waals surface area contributed by atoms with Gasteiger partial charge in [0.05, 0.1) is 27.4 Å². The topological polar surface area (TPSA) is 119 Å². The van der Waals surface area contributed by atoms with E-state index in [2.05, 4.69) is 10.6 Å². The van der Waals surface area contributed by atoms with Crippen molar-refractivity contribution in [2.45, 2.75) is 6.92 Å². The van der Waals surface area contributed by atoms with E-state index in [1.54, 1.807) is 45.2 Å². The van der Waals surface area contributed by atoms with Gasteiger partial charge in [0.2, 0.25) is 5.91 Å². The molecule has 1 aromatic rings. The third-order valence-corrected chi connectivity index (χ3v) is 5.68. The molecule has 0 aliphatic rings. The molecule has 1 rings (SSSR count). The Morgan fingerprint density at radius 3 is 2.04 bits per heavy atom. The number of aromatic carboxylic acids is 1. The maximum absolute atomic E-state index is 12.2. The van der Waals surface area contributed by atoms with Crippen LogP contribution < -0.4 is 45.3 Å². The summed E-state index contributed by atoms with van der Waals surface area (Å²) in [5.74, 6) is -2.36. The zero-order valence-electron chi connectivity index (χ0n) is 12.1. The average Bonchev–Trinajstić information content (AvgIpc) is 2.40. The summed E-state index contributed by atoms with van der Waals surface area (Å²) in [6.45, 7) is 1.08. The molecular formula is C12H10I3N2NaO5. The van der Waals surface area contributed by atoms with Crippen molar-refractivity contribution in [3.63, 3.8) is 0 Å². The van der Waals surface area contributed by atoms with E-state index in [0.717, 1.165) is 0 Å². The molecule has 0 radical (unpaired) electrons. The number of rotatable bonds is 5. The van der Waals surface area contributed by atoms with Crippen molar-refractivity contribution in [3.8, 4) is 0 Å². The summed E-state index contributed by atoms with van der Waals surface area (Å²) >= 11 is 5.42. The largest absolute Gasteiger partial charge is 1.00 e. The summed E-state index contributed by atoms with van der Waals surface area (Å²) in [4.78, 5) is 34.9. The fraction of sp³-hybridized carbons (Fsp3) is 0.250. The first-order chi connectivity index (χ1) is 10.2. The maximum atomic E-state index is 12.2. The SMILES string of the molecule is CC(=O)Nc1c(I)c(C(=O)[O-])c(I)c(C(=O)NCCO)c1I.[Na+]. The van der Waals surface area contributed by atoms with Gasteiger partial charge < -0.3 is 25.6 Å². The van der Waals surface area contributed by atoms with Crippen LogP contribution in [0.1, 0.15) is 27.6 Å². The molecule has 0 unspecified atom stereocenters. The number of benzene rings is 1. The Bertz CT molecular complexity index is 654. The minimum atomic E-state index is -1.44. The summed E-state index contributed by atoms with van der Waals surface area (Å²) in [6, 6.07) is 0. The second-order valence-corrected chi connectivity index (χ2v) is 7.25. The van der Waals surface area contributed by atoms with Gasteiger partial charge in [-0.1, -0.05) is 0 Å². The minimum Gasteiger partial charge on any atom is -0.545 e. The van der Waals surface area contributed by atoms with Crippen LogP contribution in [0, 0.1) is 10.7 Å². The van der Waals surface area contributed by atoms with Gasteiger partial charge >= 0.3 is 29.6 Å². The Labute approximate surface area is 195 Å². The number of anilines is 1. The van der Waals surface area contributed by atoms with Crippen LogP contribution in [-0.2, 0) is 4.79 Å². The summed E-state index contributed by atoms with van der Waals surface area (Å²) in [5.41, 5.74) is 0.222. The molecule has 3 N–H and O–H groups in total. The van der Waals surface area contributed by atoms with Crippen molar-refractivity contribution in [2.75, 3.05) is 18.5 Å². The van der Waals surface area contributed by atoms with Gasteiger partial charge in [0.25, 0.3) is 5.91 Å². The van der Waals surface area contributed by atoms with Crippen LogP contribution in [0.25, 0.3) is 0 Å². The van der Waals surface area contributed by atoms with Crippen molar-refractivity contribution >= 4 is 91.2 Å². The van der Waals surface area contributed by atoms with Gasteiger partial charge in [0.15, 0.2) is 0 Å². The Morgan fingerprint density at radius 2 is 1.61 bits per heavy atom. The van der Waals surface area contributed by atoms with E-state index in [-0.39, 0.29) is 69.0 Å². The predicted octanol–water partition coefficient (Wildman–Crippen LogP) is -2.45. The van der Waals surface area contributed by atoms with Crippen LogP contribution in [0.15, 0.2) is 0 Å². The molecule has 0 fully saturated rings. The standard InChI is InChI=1S/C12H11I3N2O5.Na/c1-4(19)17-10-8(14)5(11(20)16-2-3-18)7(13)6(9(10)15)12(21)22;/h18H,2-3H2,1H3,(H,16,20)(H,17,19)(H,21,22);/q;+1/p-1. The predicted molar refractivity (Wildman–Crippen MR) is 103 cm³/mol. The van der Waals surface area contributed by atoms with Crippen LogP contribution in [0.2, 0.25) is 0 Å². The second-order valence-electron chi connectivity index (χ2n) is 4.02. The third-order valence-electron chi connectivity index (χ3n) is 2.45. The van der Waals surface area contributed by atoms with E-state index < -0.39 is 11.9 Å². The summed E-state index contributed by atoms with van der Waals surface area (Å²) in [5, 5.41) is 25.2. The molecule has 0 aliphatic heterocycles. The van der Waals surface area contributed by atoms with Gasteiger partial charge in [-0.05, 0) is 67.8 Å². The van der Waals surface area contributed by atoms with E-state index >= 15 is 0 Å². The van der Waals surface area contributed by atoms with Crippen LogP contribution >= 0.6 is 67.8 Å². The third kappa shape index (κ3) is 5.91. The molecule has 0 spiro atoms. The number of carboxylic acids is 1. The number of carboxylic acid groups (broad SMARTS) is 1. The number of hydrogen-bond acceptors (Lipinski definition) is 5. The quantitative estimate of drug-likeness (QED) is 0.239. The van der Waals surface area contributed by atoms with Crippen LogP contribution in [0.3, 0.4) is 0 Å². The van der Waals surface area contributed by atoms with Crippen molar-refractivity contribution in [3.05, 3.63) is 21.8 Å². The molecule has 1 aromatic carbocycles. The smallest absolute Gasteiger partial charge is 0.545 e. The summed E-state index contributed by atoms with van der Waals surface area (Å²) in [7, 11) is 0. The number of amides is 2. The molecule has 0 aliphatic carbocycles. The molecule has 11 heteroatoms. The molecule has 0 bridgehead atoms. The normalized spacial score (nSPS) is 9.78. The Balaban J connectivity index is 0.00000484. The Hall–Kier alpha value is 0.780. The average molecular weight is 666 g/mol. The molecule has 7 nitrogen and oxygen atoms in total. The van der Waals surface area contributed by atoms with Crippen LogP contribution in [0.4, 0.5) is 5.69 Å². The van der Waals surface area contributed by atoms with Crippen molar-refractivity contribution in [1.29, 1.82) is 0 Å². The molecule has 0 aromatic heterocycles. The summed E-state index contributed by atoms with van der Waals surface area (Å²) < 4.78 is 0.929. The van der Waals surface area contributed by atoms with Crippen molar-refractivity contribution < 1.29 is 54.2 Å². The molecule has 0 atom stereocenters. The second kappa shape index (κ2) is 10.7. The number of aliphatic hydroxyl groups excluding tert-OH is 1. The first-order valence-corrected chi connectivity index (χ1v) is 9.04. The molecule has 2 amide bonds. The maximum Gasteiger partial charge on any atom is 1.00 e. The fourth-order valence-corrected chi connectivity index (χ4v) is 5.95. The van der Waals surface area contributed by atoms with Gasteiger partial charge in [-0.3, -0.25) is 9.59 Å². The molecule has 120 valence electrons. The van der Waals surface area contributed by atoms with Crippen molar-refractivity contribution in [2.24, 2.45) is 0 Å². The van der Waals surface area contributed by atoms with Crippen LogP contribution in [0.5, 0.6) is 0 Å². The first kappa shape index (κ1) is 23.8. The number of carbonyl (C=O) groups excluding carboxylic acids is 3. The molecule has 0 saturated heterocycles. The number of halogens is 3. The molecule has 23 heavy (non-hydrogen) atoms. The van der Waals surface area contributed by atoms with E-state index in [4.69, 9.17) is 5.11 Å². The molecular weight excluding hydrogens is 656 g/mol. The van der Waals surface area contributed by atoms with Gasteiger partial charge in [-0.2, -0.15) is 0 Å². The number of hydrogen-bond donors (Lipinski definition) is 3. The Morgan fingerprint density at radius 1 is 1.09 bits per heavy atom. The first-order valence-electron chi connectivity index (χ1n) is 5.80. The van der Waals surface area contributed by atoms with Crippen molar-refractivity contribution in [1.82, 2.24) is 5.32 Å². The zero-order valence-corrected chi connectivity index (χ0v) is 20.6. The van der Waals surface area contributed by atoms with E-state index in [0.29, 0.717) is 7.14 Å². The van der Waals surface area contributed by atoms with Gasteiger partial charge in [-0.25, -0.2) is 0 Å². The van der Waals surface area contributed by atoms with Gasteiger partial charge in [0.1, 0.15) is 0 Å². The van der Waals surface area contributed by atoms with Crippen LogP contribution in [-0.4, -0.2) is 36.0 Å². The van der Waals surface area contributed by atoms with E-state index in [1.165, 1.54) is 6.92 Å². The van der Waals surface area contributed by atoms with Gasteiger partial charge in [-0.15, -0.1) is 0 Å². The number of nitrogens with one attached hydrogen (secondary N) is 2. The summed E-state index contributed by atoms with van der Waals surface area (Å²) in [6.07, 6.45) is 0. The fourth-order valence-electron chi connectivity index (χ4n) is 1.59. The number of carbonyl (C=O) groups is 3. The van der Waals surface area contributed by atoms with E-state index in [1.807, 2.05) is 22.6 Å². The molecule has 0 saturated carbocycles. The monoisotopic (exact) mass is 666 g/mol. The van der Waals surface area contributed by atoms with Gasteiger partial charge in [0, 0.05) is 26.2 Å².